The number of aliphatic imine (C=N–C) groups is 1. The first-order valence-electron chi connectivity index (χ1n) is 8.33. The molecule has 0 aliphatic rings. The highest BCUT2D eigenvalue weighted by Gasteiger charge is 2.13. The molecule has 0 atom stereocenters. The van der Waals surface area contributed by atoms with Crippen LogP contribution in [0.1, 0.15) is 38.1 Å². The third-order valence-electron chi connectivity index (χ3n) is 2.87. The zero-order valence-corrected chi connectivity index (χ0v) is 15.3. The molecule has 25 heavy (non-hydrogen) atoms. The van der Waals surface area contributed by atoms with Crippen molar-refractivity contribution in [2.24, 2.45) is 4.99 Å². The Kier molecular flexibility index (Phi) is 8.38. The Morgan fingerprint density at radius 1 is 1.16 bits per heavy atom. The van der Waals surface area contributed by atoms with Gasteiger partial charge in [0, 0.05) is 37.6 Å². The summed E-state index contributed by atoms with van der Waals surface area (Å²) in [5, 5.41) is 11.8. The first-order chi connectivity index (χ1) is 11.8. The quantitative estimate of drug-likeness (QED) is 0.322. The average molecular weight is 348 g/mol. The van der Waals surface area contributed by atoms with E-state index in [1.165, 1.54) is 6.20 Å². The van der Waals surface area contributed by atoms with Gasteiger partial charge in [0.1, 0.15) is 6.54 Å². The smallest absolute Gasteiger partial charge is 0.252 e. The van der Waals surface area contributed by atoms with E-state index in [0.29, 0.717) is 31.2 Å². The second-order valence-electron chi connectivity index (χ2n) is 6.42. The zero-order chi connectivity index (χ0) is 18.7. The Hall–Kier alpha value is -2.64. The molecule has 0 saturated carbocycles. The lowest BCUT2D eigenvalue weighted by molar-refractivity contribution is -0.121. The van der Waals surface area contributed by atoms with Crippen LogP contribution in [0.2, 0.25) is 0 Å². The monoisotopic (exact) mass is 348 g/mol. The summed E-state index contributed by atoms with van der Waals surface area (Å²) in [6, 6.07) is 3.42. The second kappa shape index (κ2) is 10.3. The lowest BCUT2D eigenvalue weighted by Crippen LogP contribution is -2.44. The van der Waals surface area contributed by atoms with E-state index < -0.39 is 0 Å². The third kappa shape index (κ3) is 9.29. The molecule has 0 aromatic carbocycles. The van der Waals surface area contributed by atoms with E-state index in [1.54, 1.807) is 18.3 Å². The molecule has 1 aromatic heterocycles. The Morgan fingerprint density at radius 2 is 1.88 bits per heavy atom. The second-order valence-corrected chi connectivity index (χ2v) is 6.42. The van der Waals surface area contributed by atoms with Crippen LogP contribution in [-0.2, 0) is 4.79 Å². The van der Waals surface area contributed by atoms with Crippen LogP contribution in [-0.4, -0.2) is 54.5 Å². The number of guanidine groups is 1. The van der Waals surface area contributed by atoms with Crippen LogP contribution in [0.5, 0.6) is 0 Å². The number of carbonyl (C=O) groups is 2. The fourth-order valence-electron chi connectivity index (χ4n) is 1.91. The number of carbonyl (C=O) groups excluding carboxylic acids is 2. The van der Waals surface area contributed by atoms with Gasteiger partial charge in [0.25, 0.3) is 5.91 Å². The Morgan fingerprint density at radius 3 is 2.48 bits per heavy atom. The normalized spacial score (nSPS) is 11.6. The molecule has 138 valence electrons. The van der Waals surface area contributed by atoms with E-state index in [2.05, 4.69) is 31.2 Å². The van der Waals surface area contributed by atoms with Crippen LogP contribution in [0.4, 0.5) is 0 Å². The summed E-state index contributed by atoms with van der Waals surface area (Å²) in [5.41, 5.74) is 0.233. The van der Waals surface area contributed by atoms with Gasteiger partial charge >= 0.3 is 0 Å². The number of hydrogen-bond donors (Lipinski definition) is 4. The van der Waals surface area contributed by atoms with E-state index in [4.69, 9.17) is 0 Å². The fraction of sp³-hybridized carbons (Fsp3) is 0.529. The van der Waals surface area contributed by atoms with Gasteiger partial charge in [-0.25, -0.2) is 4.99 Å². The lowest BCUT2D eigenvalue weighted by atomic mass is 10.1. The van der Waals surface area contributed by atoms with Crippen LogP contribution in [0, 0.1) is 0 Å². The molecule has 4 N–H and O–H groups in total. The molecule has 8 nitrogen and oxygen atoms in total. The summed E-state index contributed by atoms with van der Waals surface area (Å²) in [6.07, 6.45) is 3.13. The van der Waals surface area contributed by atoms with Gasteiger partial charge in [0.2, 0.25) is 5.91 Å². The highest BCUT2D eigenvalue weighted by Crippen LogP contribution is 1.97. The summed E-state index contributed by atoms with van der Waals surface area (Å²) < 4.78 is 0. The molecule has 1 aromatic rings. The maximum Gasteiger partial charge on any atom is 0.252 e. The number of aromatic nitrogens is 1. The molecule has 0 saturated heterocycles. The highest BCUT2D eigenvalue weighted by molar-refractivity contribution is 5.93. The van der Waals surface area contributed by atoms with Gasteiger partial charge in [-0.15, -0.1) is 0 Å². The lowest BCUT2D eigenvalue weighted by Gasteiger charge is -2.20. The summed E-state index contributed by atoms with van der Waals surface area (Å²) in [6.45, 7) is 9.32. The van der Waals surface area contributed by atoms with E-state index in [9.17, 15) is 9.59 Å². The Labute approximate surface area is 148 Å². The van der Waals surface area contributed by atoms with E-state index in [1.807, 2.05) is 27.7 Å². The first kappa shape index (κ1) is 20.4. The van der Waals surface area contributed by atoms with Crippen LogP contribution in [0.25, 0.3) is 0 Å². The number of nitrogens with zero attached hydrogens (tertiary/aromatic N) is 2. The van der Waals surface area contributed by atoms with Gasteiger partial charge in [0.15, 0.2) is 5.96 Å². The number of hydrogen-bond acceptors (Lipinski definition) is 4. The predicted molar refractivity (Wildman–Crippen MR) is 98.4 cm³/mol. The summed E-state index contributed by atoms with van der Waals surface area (Å²) in [5.74, 6) is 0.207. The zero-order valence-electron chi connectivity index (χ0n) is 15.3. The van der Waals surface area contributed by atoms with Crippen LogP contribution < -0.4 is 21.3 Å². The van der Waals surface area contributed by atoms with Crippen molar-refractivity contribution in [1.82, 2.24) is 26.3 Å². The van der Waals surface area contributed by atoms with Gasteiger partial charge in [-0.1, -0.05) is 0 Å². The van der Waals surface area contributed by atoms with Crippen molar-refractivity contribution in [3.05, 3.63) is 30.1 Å². The number of rotatable bonds is 7. The maximum atomic E-state index is 11.9. The van der Waals surface area contributed by atoms with Crippen molar-refractivity contribution in [2.45, 2.75) is 33.2 Å². The van der Waals surface area contributed by atoms with E-state index in [-0.39, 0.29) is 23.9 Å². The number of amides is 2. The molecule has 0 bridgehead atoms. The maximum absolute atomic E-state index is 11.9. The topological polar surface area (TPSA) is 108 Å². The number of nitrogens with one attached hydrogen (secondary N) is 4. The molecule has 0 unspecified atom stereocenters. The molecule has 0 radical (unpaired) electrons. The Bertz CT molecular complexity index is 581. The van der Waals surface area contributed by atoms with Crippen LogP contribution in [0.3, 0.4) is 0 Å². The molecule has 0 aliphatic carbocycles. The van der Waals surface area contributed by atoms with Gasteiger partial charge in [0.05, 0.1) is 5.56 Å². The molecule has 1 heterocycles. The predicted octanol–water partition coefficient (Wildman–Crippen LogP) is 0.281. The molecule has 1 rings (SSSR count). The van der Waals surface area contributed by atoms with Crippen molar-refractivity contribution < 1.29 is 9.59 Å². The van der Waals surface area contributed by atoms with Gasteiger partial charge in [-0.3, -0.25) is 14.6 Å². The van der Waals surface area contributed by atoms with E-state index in [0.717, 1.165) is 0 Å². The minimum Gasteiger partial charge on any atom is -0.357 e. The molecular weight excluding hydrogens is 320 g/mol. The molecule has 0 fully saturated rings. The summed E-state index contributed by atoms with van der Waals surface area (Å²) >= 11 is 0. The highest BCUT2D eigenvalue weighted by atomic mass is 16.2. The minimum atomic E-state index is -0.283. The van der Waals surface area contributed by atoms with Crippen molar-refractivity contribution in [1.29, 1.82) is 0 Å². The number of pyridine rings is 1. The first-order valence-corrected chi connectivity index (χ1v) is 8.33. The SMILES string of the molecule is CCNC(=NCC(=O)NC(C)(C)C)NCCNC(=O)c1cccnc1. The molecule has 0 aliphatic heterocycles. The molecular formula is C17H28N6O2. The minimum absolute atomic E-state index is 0.0364. The third-order valence-corrected chi connectivity index (χ3v) is 2.87. The van der Waals surface area contributed by atoms with Crippen molar-refractivity contribution in [2.75, 3.05) is 26.2 Å². The molecule has 0 spiro atoms. The van der Waals surface area contributed by atoms with Gasteiger partial charge in [-0.2, -0.15) is 0 Å². The summed E-state index contributed by atoms with van der Waals surface area (Å²) in [7, 11) is 0. The standard InChI is InChI=1S/C17H28N6O2/c1-5-19-16(22-12-14(24)23-17(2,3)4)21-10-9-20-15(25)13-7-6-8-18-11-13/h6-8,11H,5,9-10,12H2,1-4H3,(H,20,25)(H,23,24)(H2,19,21,22). The average Bonchev–Trinajstić information content (AvgIpc) is 2.55. The van der Waals surface area contributed by atoms with Gasteiger partial charge < -0.3 is 21.3 Å². The molecule has 2 amide bonds. The fourth-order valence-corrected chi connectivity index (χ4v) is 1.91. The van der Waals surface area contributed by atoms with Crippen molar-refractivity contribution in [3.8, 4) is 0 Å². The van der Waals surface area contributed by atoms with Gasteiger partial charge in [-0.05, 0) is 39.8 Å². The van der Waals surface area contributed by atoms with Crippen molar-refractivity contribution in [3.63, 3.8) is 0 Å². The van der Waals surface area contributed by atoms with Crippen molar-refractivity contribution >= 4 is 17.8 Å². The molecule has 8 heteroatoms. The Balaban J connectivity index is 2.38. The van der Waals surface area contributed by atoms with Crippen LogP contribution >= 0.6 is 0 Å². The van der Waals surface area contributed by atoms with Crippen LogP contribution in [0.15, 0.2) is 29.5 Å². The largest absolute Gasteiger partial charge is 0.357 e. The van der Waals surface area contributed by atoms with E-state index >= 15 is 0 Å². The summed E-state index contributed by atoms with van der Waals surface area (Å²) in [4.78, 5) is 31.8.